The Morgan fingerprint density at radius 3 is 1.50 bits per heavy atom. The lowest BCUT2D eigenvalue weighted by Gasteiger charge is -2.23. The van der Waals surface area contributed by atoms with E-state index in [0.717, 1.165) is 24.7 Å². The first-order valence-corrected chi connectivity index (χ1v) is 12.9. The van der Waals surface area contributed by atoms with Gasteiger partial charge in [-0.2, -0.15) is 0 Å². The summed E-state index contributed by atoms with van der Waals surface area (Å²) in [4.78, 5) is 0. The number of hydrogen-bond donors (Lipinski definition) is 0. The standard InChI is InChI=1S/C30H46/c1-5-9-10-11-20-28(30-24-15-13-19-26(30)8-4)22-16-21-27(17-6-2)29-23-14-12-18-25(29)7-3/h12-15,18-19,23-24,27-28H,5-11,16-17,20-22H2,1-4H3. The van der Waals surface area contributed by atoms with Crippen LogP contribution in [0.5, 0.6) is 0 Å². The Balaban J connectivity index is 2.07. The van der Waals surface area contributed by atoms with Crippen LogP contribution in [0.2, 0.25) is 0 Å². The predicted molar refractivity (Wildman–Crippen MR) is 135 cm³/mol. The molecule has 0 fully saturated rings. The molecule has 0 radical (unpaired) electrons. The zero-order valence-electron chi connectivity index (χ0n) is 20.3. The molecule has 2 aromatic carbocycles. The number of unbranched alkanes of at least 4 members (excludes halogenated alkanes) is 3. The summed E-state index contributed by atoms with van der Waals surface area (Å²) in [6, 6.07) is 18.4. The van der Waals surface area contributed by atoms with Crippen molar-refractivity contribution in [2.75, 3.05) is 0 Å². The predicted octanol–water partition coefficient (Wildman–Crippen LogP) is 9.62. The first-order valence-electron chi connectivity index (χ1n) is 12.9. The zero-order chi connectivity index (χ0) is 21.6. The van der Waals surface area contributed by atoms with Crippen LogP contribution in [0.15, 0.2) is 48.5 Å². The fraction of sp³-hybridized carbons (Fsp3) is 0.600. The molecule has 0 aliphatic rings. The fourth-order valence-electron chi connectivity index (χ4n) is 5.20. The maximum absolute atomic E-state index is 2.42. The molecule has 0 aliphatic heterocycles. The second kappa shape index (κ2) is 14.4. The molecule has 30 heavy (non-hydrogen) atoms. The van der Waals surface area contributed by atoms with Gasteiger partial charge in [0.05, 0.1) is 0 Å². The second-order valence-corrected chi connectivity index (χ2v) is 9.07. The second-order valence-electron chi connectivity index (χ2n) is 9.07. The molecule has 2 rings (SSSR count). The highest BCUT2D eigenvalue weighted by molar-refractivity contribution is 5.31. The number of hydrogen-bond acceptors (Lipinski definition) is 0. The summed E-state index contributed by atoms with van der Waals surface area (Å²) in [6.07, 6.45) is 15.8. The Kier molecular flexibility index (Phi) is 11.9. The van der Waals surface area contributed by atoms with Gasteiger partial charge in [-0.25, -0.2) is 0 Å². The van der Waals surface area contributed by atoms with Gasteiger partial charge in [0.2, 0.25) is 0 Å². The van der Waals surface area contributed by atoms with Gasteiger partial charge in [0, 0.05) is 0 Å². The van der Waals surface area contributed by atoms with Crippen molar-refractivity contribution in [3.8, 4) is 0 Å². The van der Waals surface area contributed by atoms with Crippen LogP contribution in [0.4, 0.5) is 0 Å². The van der Waals surface area contributed by atoms with Gasteiger partial charge in [0.25, 0.3) is 0 Å². The molecule has 0 heterocycles. The Bertz CT molecular complexity index is 699. The molecule has 0 heteroatoms. The fourth-order valence-corrected chi connectivity index (χ4v) is 5.20. The van der Waals surface area contributed by atoms with Crippen LogP contribution in [0.3, 0.4) is 0 Å². The van der Waals surface area contributed by atoms with E-state index < -0.39 is 0 Å². The highest BCUT2D eigenvalue weighted by atomic mass is 14.2. The van der Waals surface area contributed by atoms with E-state index in [2.05, 4.69) is 76.2 Å². The van der Waals surface area contributed by atoms with Crippen molar-refractivity contribution in [3.05, 3.63) is 70.8 Å². The van der Waals surface area contributed by atoms with Gasteiger partial charge in [-0.3, -0.25) is 0 Å². The van der Waals surface area contributed by atoms with E-state index in [1.165, 1.54) is 64.2 Å². The smallest absolute Gasteiger partial charge is 0.0159 e. The van der Waals surface area contributed by atoms with Crippen LogP contribution in [0, 0.1) is 0 Å². The number of aryl methyl sites for hydroxylation is 2. The van der Waals surface area contributed by atoms with Crippen molar-refractivity contribution in [2.24, 2.45) is 0 Å². The minimum absolute atomic E-state index is 0.730. The minimum Gasteiger partial charge on any atom is -0.0654 e. The van der Waals surface area contributed by atoms with Crippen molar-refractivity contribution < 1.29 is 0 Å². The zero-order valence-corrected chi connectivity index (χ0v) is 20.3. The van der Waals surface area contributed by atoms with Crippen molar-refractivity contribution in [1.82, 2.24) is 0 Å². The average Bonchev–Trinajstić information content (AvgIpc) is 2.80. The molecule has 2 unspecified atom stereocenters. The van der Waals surface area contributed by atoms with Gasteiger partial charge in [-0.1, -0.05) is 115 Å². The van der Waals surface area contributed by atoms with Gasteiger partial charge in [0.15, 0.2) is 0 Å². The summed E-state index contributed by atoms with van der Waals surface area (Å²) in [5, 5.41) is 0. The first-order chi connectivity index (χ1) is 14.7. The Morgan fingerprint density at radius 1 is 0.500 bits per heavy atom. The molecule has 2 aromatic rings. The van der Waals surface area contributed by atoms with Gasteiger partial charge in [-0.15, -0.1) is 0 Å². The molecule has 0 N–H and O–H groups in total. The molecule has 2 atom stereocenters. The van der Waals surface area contributed by atoms with Gasteiger partial charge in [0.1, 0.15) is 0 Å². The quantitative estimate of drug-likeness (QED) is 0.258. The Labute approximate surface area is 187 Å². The van der Waals surface area contributed by atoms with Crippen molar-refractivity contribution in [3.63, 3.8) is 0 Å². The lowest BCUT2D eigenvalue weighted by molar-refractivity contribution is 0.468. The van der Waals surface area contributed by atoms with E-state index >= 15 is 0 Å². The topological polar surface area (TPSA) is 0 Å². The van der Waals surface area contributed by atoms with Crippen LogP contribution in [0.1, 0.15) is 126 Å². The Hall–Kier alpha value is -1.56. The molecule has 0 saturated heterocycles. The molecule has 0 saturated carbocycles. The third-order valence-electron chi connectivity index (χ3n) is 6.90. The summed E-state index contributed by atoms with van der Waals surface area (Å²) < 4.78 is 0. The molecule has 166 valence electrons. The van der Waals surface area contributed by atoms with E-state index in [1.54, 1.807) is 22.3 Å². The molecular weight excluding hydrogens is 360 g/mol. The molecular formula is C30H46. The minimum atomic E-state index is 0.730. The van der Waals surface area contributed by atoms with Crippen molar-refractivity contribution >= 4 is 0 Å². The van der Waals surface area contributed by atoms with Crippen molar-refractivity contribution in [2.45, 2.75) is 117 Å². The number of rotatable bonds is 15. The summed E-state index contributed by atoms with van der Waals surface area (Å²) in [5.74, 6) is 1.47. The normalized spacial score (nSPS) is 13.3. The van der Waals surface area contributed by atoms with Crippen LogP contribution in [-0.2, 0) is 12.8 Å². The van der Waals surface area contributed by atoms with Crippen molar-refractivity contribution in [1.29, 1.82) is 0 Å². The van der Waals surface area contributed by atoms with Crippen LogP contribution >= 0.6 is 0 Å². The third-order valence-corrected chi connectivity index (χ3v) is 6.90. The highest BCUT2D eigenvalue weighted by Crippen LogP contribution is 2.35. The molecule has 0 bridgehead atoms. The monoisotopic (exact) mass is 406 g/mol. The summed E-state index contributed by atoms with van der Waals surface area (Å²) in [5.41, 5.74) is 6.38. The summed E-state index contributed by atoms with van der Waals surface area (Å²) >= 11 is 0. The highest BCUT2D eigenvalue weighted by Gasteiger charge is 2.18. The van der Waals surface area contributed by atoms with E-state index in [9.17, 15) is 0 Å². The third kappa shape index (κ3) is 7.60. The first kappa shape index (κ1) is 24.7. The summed E-state index contributed by atoms with van der Waals surface area (Å²) in [7, 11) is 0. The molecule has 0 aliphatic carbocycles. The van der Waals surface area contributed by atoms with E-state index in [0.29, 0.717) is 0 Å². The van der Waals surface area contributed by atoms with Gasteiger partial charge in [-0.05, 0) is 72.6 Å². The van der Waals surface area contributed by atoms with Crippen LogP contribution < -0.4 is 0 Å². The SMILES string of the molecule is CCCCCCC(CCCC(CCC)c1ccccc1CC)c1ccccc1CC. The van der Waals surface area contributed by atoms with Gasteiger partial charge >= 0.3 is 0 Å². The lowest BCUT2D eigenvalue weighted by atomic mass is 9.82. The summed E-state index contributed by atoms with van der Waals surface area (Å²) in [6.45, 7) is 9.27. The average molecular weight is 407 g/mol. The molecule has 0 aromatic heterocycles. The largest absolute Gasteiger partial charge is 0.0654 e. The molecule has 0 amide bonds. The molecule has 0 spiro atoms. The maximum Gasteiger partial charge on any atom is -0.0159 e. The van der Waals surface area contributed by atoms with Crippen LogP contribution in [-0.4, -0.2) is 0 Å². The van der Waals surface area contributed by atoms with Gasteiger partial charge < -0.3 is 0 Å². The van der Waals surface area contributed by atoms with E-state index in [-0.39, 0.29) is 0 Å². The number of benzene rings is 2. The lowest BCUT2D eigenvalue weighted by Crippen LogP contribution is -2.06. The maximum atomic E-state index is 2.42. The Morgan fingerprint density at radius 2 is 1.00 bits per heavy atom. The molecule has 0 nitrogen and oxygen atoms in total. The van der Waals surface area contributed by atoms with E-state index in [4.69, 9.17) is 0 Å². The van der Waals surface area contributed by atoms with Crippen LogP contribution in [0.25, 0.3) is 0 Å². The van der Waals surface area contributed by atoms with E-state index in [1.807, 2.05) is 0 Å².